The van der Waals surface area contributed by atoms with Crippen LogP contribution in [0.2, 0.25) is 0 Å². The Morgan fingerprint density at radius 1 is 1.15 bits per heavy atom. The lowest BCUT2D eigenvalue weighted by molar-refractivity contribution is -0.385. The first kappa shape index (κ1) is 23.5. The molecule has 1 aliphatic heterocycles. The maximum Gasteiger partial charge on any atom is 0.273 e. The van der Waals surface area contributed by atoms with Crippen LogP contribution >= 0.6 is 0 Å². The average molecular weight is 463 g/mol. The SMILES string of the molecule is Cc1ccc(C(=O)NCc2cccc(F)c2)c(C2CCN(Cc3ccccc3[N+](=O)[O-])CC2)n1. The molecule has 1 aliphatic rings. The van der Waals surface area contributed by atoms with Gasteiger partial charge in [-0.05, 0) is 62.7 Å². The number of aryl methyl sites for hydroxylation is 1. The number of rotatable bonds is 7. The molecular weight excluding hydrogens is 435 g/mol. The van der Waals surface area contributed by atoms with Gasteiger partial charge < -0.3 is 5.32 Å². The molecule has 3 aromatic rings. The summed E-state index contributed by atoms with van der Waals surface area (Å²) in [6.45, 7) is 4.18. The van der Waals surface area contributed by atoms with Gasteiger partial charge in [0, 0.05) is 36.3 Å². The van der Waals surface area contributed by atoms with Crippen molar-refractivity contribution in [3.63, 3.8) is 0 Å². The molecule has 7 nitrogen and oxygen atoms in total. The first-order chi connectivity index (χ1) is 16.4. The number of nitro groups is 1. The van der Waals surface area contributed by atoms with Gasteiger partial charge in [-0.3, -0.25) is 24.8 Å². The summed E-state index contributed by atoms with van der Waals surface area (Å²) in [5.41, 5.74) is 3.71. The summed E-state index contributed by atoms with van der Waals surface area (Å²) in [5, 5.41) is 14.2. The van der Waals surface area contributed by atoms with Crippen molar-refractivity contribution in [2.24, 2.45) is 0 Å². The maximum atomic E-state index is 13.4. The van der Waals surface area contributed by atoms with Crippen LogP contribution in [0, 0.1) is 22.9 Å². The van der Waals surface area contributed by atoms with Crippen LogP contribution in [0.4, 0.5) is 10.1 Å². The van der Waals surface area contributed by atoms with Crippen LogP contribution in [0.5, 0.6) is 0 Å². The molecule has 1 N–H and O–H groups in total. The number of nitrogens with one attached hydrogen (secondary N) is 1. The predicted octanol–water partition coefficient (Wildman–Crippen LogP) is 4.75. The van der Waals surface area contributed by atoms with Crippen molar-refractivity contribution >= 4 is 11.6 Å². The van der Waals surface area contributed by atoms with Crippen molar-refractivity contribution in [3.8, 4) is 0 Å². The summed E-state index contributed by atoms with van der Waals surface area (Å²) in [6.07, 6.45) is 1.61. The second-order valence-electron chi connectivity index (χ2n) is 8.63. The number of nitrogens with zero attached hydrogens (tertiary/aromatic N) is 3. The van der Waals surface area contributed by atoms with Crippen molar-refractivity contribution in [2.75, 3.05) is 13.1 Å². The van der Waals surface area contributed by atoms with Crippen LogP contribution < -0.4 is 5.32 Å². The van der Waals surface area contributed by atoms with E-state index < -0.39 is 0 Å². The highest BCUT2D eigenvalue weighted by atomic mass is 19.1. The van der Waals surface area contributed by atoms with Crippen molar-refractivity contribution in [3.05, 3.63) is 105 Å². The maximum absolute atomic E-state index is 13.4. The van der Waals surface area contributed by atoms with Gasteiger partial charge in [0.15, 0.2) is 0 Å². The number of halogens is 1. The van der Waals surface area contributed by atoms with E-state index in [9.17, 15) is 19.3 Å². The fourth-order valence-corrected chi connectivity index (χ4v) is 4.43. The van der Waals surface area contributed by atoms with Gasteiger partial charge in [-0.2, -0.15) is 0 Å². The molecule has 0 spiro atoms. The molecule has 1 saturated heterocycles. The third kappa shape index (κ3) is 5.63. The molecule has 0 atom stereocenters. The van der Waals surface area contributed by atoms with E-state index >= 15 is 0 Å². The molecule has 0 radical (unpaired) electrons. The van der Waals surface area contributed by atoms with Crippen LogP contribution in [0.15, 0.2) is 60.7 Å². The summed E-state index contributed by atoms with van der Waals surface area (Å²) in [7, 11) is 0. The molecule has 1 fully saturated rings. The van der Waals surface area contributed by atoms with Gasteiger partial charge in [0.2, 0.25) is 0 Å². The van der Waals surface area contributed by atoms with E-state index in [1.165, 1.54) is 18.2 Å². The molecule has 2 aromatic carbocycles. The van der Waals surface area contributed by atoms with E-state index in [4.69, 9.17) is 4.98 Å². The second-order valence-corrected chi connectivity index (χ2v) is 8.63. The van der Waals surface area contributed by atoms with E-state index in [-0.39, 0.29) is 34.8 Å². The van der Waals surface area contributed by atoms with E-state index in [1.807, 2.05) is 19.1 Å². The van der Waals surface area contributed by atoms with E-state index in [2.05, 4.69) is 10.2 Å². The third-order valence-corrected chi connectivity index (χ3v) is 6.21. The number of hydrogen-bond donors (Lipinski definition) is 1. The minimum Gasteiger partial charge on any atom is -0.348 e. The van der Waals surface area contributed by atoms with Gasteiger partial charge in [0.05, 0.1) is 16.2 Å². The molecule has 4 rings (SSSR count). The summed E-state index contributed by atoms with van der Waals surface area (Å²) in [4.78, 5) is 30.9. The number of hydrogen-bond acceptors (Lipinski definition) is 5. The summed E-state index contributed by atoms with van der Waals surface area (Å²) < 4.78 is 13.4. The summed E-state index contributed by atoms with van der Waals surface area (Å²) in [5.74, 6) is -0.442. The minimum absolute atomic E-state index is 0.122. The molecule has 1 aromatic heterocycles. The fraction of sp³-hybridized carbons (Fsp3) is 0.308. The number of nitro benzene ring substituents is 1. The number of aromatic nitrogens is 1. The number of piperidine rings is 1. The number of para-hydroxylation sites is 1. The molecule has 0 bridgehead atoms. The van der Waals surface area contributed by atoms with Crippen molar-refractivity contribution in [2.45, 2.75) is 38.8 Å². The van der Waals surface area contributed by atoms with Crippen LogP contribution in [-0.2, 0) is 13.1 Å². The highest BCUT2D eigenvalue weighted by Gasteiger charge is 2.27. The van der Waals surface area contributed by atoms with Crippen LogP contribution in [0.3, 0.4) is 0 Å². The molecule has 8 heteroatoms. The fourth-order valence-electron chi connectivity index (χ4n) is 4.43. The zero-order chi connectivity index (χ0) is 24.1. The minimum atomic E-state index is -0.340. The molecule has 176 valence electrons. The number of pyridine rings is 1. The Morgan fingerprint density at radius 3 is 2.65 bits per heavy atom. The van der Waals surface area contributed by atoms with Crippen molar-refractivity contribution in [1.82, 2.24) is 15.2 Å². The Kier molecular flexibility index (Phi) is 7.27. The smallest absolute Gasteiger partial charge is 0.273 e. The summed E-state index contributed by atoms with van der Waals surface area (Å²) >= 11 is 0. The highest BCUT2D eigenvalue weighted by Crippen LogP contribution is 2.31. The Bertz CT molecular complexity index is 1190. The van der Waals surface area contributed by atoms with Gasteiger partial charge >= 0.3 is 0 Å². The largest absolute Gasteiger partial charge is 0.348 e. The van der Waals surface area contributed by atoms with Crippen molar-refractivity contribution < 1.29 is 14.1 Å². The van der Waals surface area contributed by atoms with Gasteiger partial charge in [-0.25, -0.2) is 4.39 Å². The first-order valence-electron chi connectivity index (χ1n) is 11.4. The molecule has 0 unspecified atom stereocenters. The molecule has 34 heavy (non-hydrogen) atoms. The lowest BCUT2D eigenvalue weighted by Gasteiger charge is -2.32. The number of likely N-dealkylation sites (tertiary alicyclic amines) is 1. The van der Waals surface area contributed by atoms with Crippen LogP contribution in [0.25, 0.3) is 0 Å². The number of carbonyl (C=O) groups is 1. The molecule has 0 aliphatic carbocycles. The number of benzene rings is 2. The highest BCUT2D eigenvalue weighted by molar-refractivity contribution is 5.95. The van der Waals surface area contributed by atoms with Crippen LogP contribution in [0.1, 0.15) is 51.6 Å². The van der Waals surface area contributed by atoms with Crippen LogP contribution in [-0.4, -0.2) is 33.8 Å². The monoisotopic (exact) mass is 462 g/mol. The number of carbonyl (C=O) groups excluding carboxylic acids is 1. The van der Waals surface area contributed by atoms with Gasteiger partial charge in [-0.15, -0.1) is 0 Å². The standard InChI is InChI=1S/C26H27FN4O3/c1-18-9-10-23(26(32)28-16-19-5-4-7-22(27)15-19)25(29-18)20-11-13-30(14-12-20)17-21-6-2-3-8-24(21)31(33)34/h2-10,15,20H,11-14,16-17H2,1H3,(H,28,32). The average Bonchev–Trinajstić information content (AvgIpc) is 2.83. The molecule has 1 amide bonds. The first-order valence-corrected chi connectivity index (χ1v) is 11.4. The summed E-state index contributed by atoms with van der Waals surface area (Å²) in [6, 6.07) is 16.6. The van der Waals surface area contributed by atoms with E-state index in [1.54, 1.807) is 30.3 Å². The lowest BCUT2D eigenvalue weighted by atomic mass is 9.89. The lowest BCUT2D eigenvalue weighted by Crippen LogP contribution is -2.34. The number of amides is 1. The predicted molar refractivity (Wildman–Crippen MR) is 127 cm³/mol. The van der Waals surface area contributed by atoms with Gasteiger partial charge in [-0.1, -0.05) is 30.3 Å². The Labute approximate surface area is 197 Å². The topological polar surface area (TPSA) is 88.4 Å². The molecule has 0 saturated carbocycles. The third-order valence-electron chi connectivity index (χ3n) is 6.21. The Morgan fingerprint density at radius 2 is 1.91 bits per heavy atom. The Balaban J connectivity index is 1.42. The van der Waals surface area contributed by atoms with Gasteiger partial charge in [0.25, 0.3) is 11.6 Å². The quantitative estimate of drug-likeness (QED) is 0.404. The Hall–Kier alpha value is -3.65. The zero-order valence-electron chi connectivity index (χ0n) is 19.0. The van der Waals surface area contributed by atoms with Gasteiger partial charge in [0.1, 0.15) is 5.82 Å². The van der Waals surface area contributed by atoms with E-state index in [0.717, 1.165) is 37.3 Å². The van der Waals surface area contributed by atoms with Crippen molar-refractivity contribution in [1.29, 1.82) is 0 Å². The second kappa shape index (κ2) is 10.5. The molecular formula is C26H27FN4O3. The zero-order valence-corrected chi connectivity index (χ0v) is 19.0. The normalized spacial score (nSPS) is 14.6. The van der Waals surface area contributed by atoms with E-state index in [0.29, 0.717) is 23.2 Å². The molecule has 2 heterocycles.